The highest BCUT2D eigenvalue weighted by Gasteiger charge is 2.07. The van der Waals surface area contributed by atoms with Gasteiger partial charge < -0.3 is 10.5 Å². The van der Waals surface area contributed by atoms with E-state index in [0.717, 1.165) is 12.0 Å². The molecule has 0 radical (unpaired) electrons. The monoisotopic (exact) mass is 201 g/mol. The average molecular weight is 201 g/mol. The van der Waals surface area contributed by atoms with Crippen molar-refractivity contribution in [2.75, 3.05) is 0 Å². The summed E-state index contributed by atoms with van der Waals surface area (Å²) in [5.74, 6) is 0.154. The van der Waals surface area contributed by atoms with Crippen LogP contribution in [-0.4, -0.2) is 6.61 Å². The molecule has 1 rings (SSSR count). The first-order valence-corrected chi connectivity index (χ1v) is 4.43. The van der Waals surface area contributed by atoms with Gasteiger partial charge in [0, 0.05) is 6.04 Å². The van der Waals surface area contributed by atoms with Gasteiger partial charge in [-0.3, -0.25) is 0 Å². The Morgan fingerprint density at radius 1 is 1.43 bits per heavy atom. The predicted octanol–water partition coefficient (Wildman–Crippen LogP) is 2.70. The molecule has 78 valence electrons. The predicted molar refractivity (Wildman–Crippen MR) is 50.3 cm³/mol. The number of ether oxygens (including phenoxy) is 1. The third-order valence-corrected chi connectivity index (χ3v) is 1.95. The molecule has 0 aliphatic heterocycles. The number of hydrogen-bond donors (Lipinski definition) is 1. The summed E-state index contributed by atoms with van der Waals surface area (Å²) in [6.45, 7) is -0.853. The molecule has 0 aliphatic carbocycles. The van der Waals surface area contributed by atoms with Crippen molar-refractivity contribution >= 4 is 0 Å². The van der Waals surface area contributed by atoms with E-state index < -0.39 is 6.61 Å². The summed E-state index contributed by atoms with van der Waals surface area (Å²) in [5.41, 5.74) is 6.56. The van der Waals surface area contributed by atoms with Crippen LogP contribution >= 0.6 is 0 Å². The van der Waals surface area contributed by atoms with Gasteiger partial charge in [-0.15, -0.1) is 0 Å². The summed E-state index contributed by atoms with van der Waals surface area (Å²) >= 11 is 0. The van der Waals surface area contributed by atoms with Crippen LogP contribution in [0.15, 0.2) is 24.3 Å². The van der Waals surface area contributed by atoms with E-state index in [9.17, 15) is 8.78 Å². The van der Waals surface area contributed by atoms with Crippen molar-refractivity contribution in [3.63, 3.8) is 0 Å². The molecule has 0 saturated heterocycles. The lowest BCUT2D eigenvalue weighted by molar-refractivity contribution is -0.0498. The summed E-state index contributed by atoms with van der Waals surface area (Å²) in [6, 6.07) is 6.35. The maximum absolute atomic E-state index is 11.9. The fraction of sp³-hybridized carbons (Fsp3) is 0.400. The maximum atomic E-state index is 11.9. The van der Waals surface area contributed by atoms with Crippen LogP contribution in [0.2, 0.25) is 0 Å². The Labute approximate surface area is 81.7 Å². The molecule has 2 N–H and O–H groups in total. The van der Waals surface area contributed by atoms with Crippen molar-refractivity contribution in [1.82, 2.24) is 0 Å². The van der Waals surface area contributed by atoms with Crippen LogP contribution in [0.3, 0.4) is 0 Å². The van der Waals surface area contributed by atoms with Gasteiger partial charge in [-0.2, -0.15) is 8.78 Å². The molecular formula is C10H13F2NO. The minimum atomic E-state index is -2.79. The molecule has 0 heterocycles. The van der Waals surface area contributed by atoms with Gasteiger partial charge >= 0.3 is 6.61 Å². The number of benzene rings is 1. The van der Waals surface area contributed by atoms with Gasteiger partial charge in [-0.25, -0.2) is 0 Å². The number of rotatable bonds is 4. The second-order valence-corrected chi connectivity index (χ2v) is 2.97. The molecule has 0 aromatic heterocycles. The molecule has 1 atom stereocenters. The quantitative estimate of drug-likeness (QED) is 0.812. The minimum absolute atomic E-state index is 0.128. The van der Waals surface area contributed by atoms with Crippen LogP contribution in [0.25, 0.3) is 0 Å². The van der Waals surface area contributed by atoms with Gasteiger partial charge in [0.15, 0.2) is 0 Å². The van der Waals surface area contributed by atoms with E-state index in [4.69, 9.17) is 5.73 Å². The molecule has 0 fully saturated rings. The van der Waals surface area contributed by atoms with Crippen molar-refractivity contribution in [3.05, 3.63) is 29.8 Å². The molecule has 0 spiro atoms. The first-order chi connectivity index (χ1) is 6.63. The number of halogens is 2. The van der Waals surface area contributed by atoms with Gasteiger partial charge in [-0.05, 0) is 24.1 Å². The van der Waals surface area contributed by atoms with Crippen molar-refractivity contribution in [2.24, 2.45) is 5.73 Å². The normalized spacial score (nSPS) is 12.9. The molecule has 0 aliphatic rings. The summed E-state index contributed by atoms with van der Waals surface area (Å²) < 4.78 is 28.0. The van der Waals surface area contributed by atoms with Crippen molar-refractivity contribution in [1.29, 1.82) is 0 Å². The highest BCUT2D eigenvalue weighted by atomic mass is 19.3. The van der Waals surface area contributed by atoms with E-state index in [2.05, 4.69) is 4.74 Å². The molecule has 0 saturated carbocycles. The zero-order valence-electron chi connectivity index (χ0n) is 7.91. The minimum Gasteiger partial charge on any atom is -0.435 e. The zero-order chi connectivity index (χ0) is 10.6. The molecule has 4 heteroatoms. The third kappa shape index (κ3) is 2.96. The van der Waals surface area contributed by atoms with Crippen molar-refractivity contribution in [3.8, 4) is 5.75 Å². The number of hydrogen-bond acceptors (Lipinski definition) is 2. The van der Waals surface area contributed by atoms with Crippen LogP contribution in [0.5, 0.6) is 5.75 Å². The highest BCUT2D eigenvalue weighted by Crippen LogP contribution is 2.20. The van der Waals surface area contributed by atoms with E-state index in [0.29, 0.717) is 0 Å². The molecule has 14 heavy (non-hydrogen) atoms. The van der Waals surface area contributed by atoms with E-state index in [-0.39, 0.29) is 11.8 Å². The lowest BCUT2D eigenvalue weighted by atomic mass is 10.1. The largest absolute Gasteiger partial charge is 0.435 e. The standard InChI is InChI=1S/C10H13F2NO/c1-2-9(13)7-4-3-5-8(6-7)14-10(11)12/h3-6,9-10H,2,13H2,1H3. The van der Waals surface area contributed by atoms with E-state index >= 15 is 0 Å². The fourth-order valence-corrected chi connectivity index (χ4v) is 1.16. The van der Waals surface area contributed by atoms with Crippen molar-refractivity contribution in [2.45, 2.75) is 26.0 Å². The first-order valence-electron chi connectivity index (χ1n) is 4.43. The van der Waals surface area contributed by atoms with Crippen LogP contribution in [0.4, 0.5) is 8.78 Å². The Kier molecular flexibility index (Phi) is 3.83. The van der Waals surface area contributed by atoms with E-state index in [1.165, 1.54) is 6.07 Å². The van der Waals surface area contributed by atoms with Crippen LogP contribution in [-0.2, 0) is 0 Å². The molecule has 1 aromatic rings. The molecule has 0 amide bonds. The first kappa shape index (κ1) is 10.9. The zero-order valence-corrected chi connectivity index (χ0v) is 7.91. The Hall–Kier alpha value is -1.16. The molecule has 2 nitrogen and oxygen atoms in total. The summed E-state index contributed by atoms with van der Waals surface area (Å²) in [6.07, 6.45) is 0.762. The van der Waals surface area contributed by atoms with Crippen molar-refractivity contribution < 1.29 is 13.5 Å². The topological polar surface area (TPSA) is 35.2 Å². The second-order valence-electron chi connectivity index (χ2n) is 2.97. The molecular weight excluding hydrogens is 188 g/mol. The Morgan fingerprint density at radius 2 is 2.14 bits per heavy atom. The molecule has 1 aromatic carbocycles. The maximum Gasteiger partial charge on any atom is 0.387 e. The van der Waals surface area contributed by atoms with E-state index in [1.54, 1.807) is 18.2 Å². The number of nitrogens with two attached hydrogens (primary N) is 1. The summed E-state index contributed by atoms with van der Waals surface area (Å²) in [5, 5.41) is 0. The molecule has 1 unspecified atom stereocenters. The Morgan fingerprint density at radius 3 is 2.71 bits per heavy atom. The van der Waals surface area contributed by atoms with Gasteiger partial charge in [0.2, 0.25) is 0 Å². The Balaban J connectivity index is 2.78. The lowest BCUT2D eigenvalue weighted by Crippen LogP contribution is -2.09. The fourth-order valence-electron chi connectivity index (χ4n) is 1.16. The smallest absolute Gasteiger partial charge is 0.387 e. The van der Waals surface area contributed by atoms with Crippen LogP contribution in [0.1, 0.15) is 24.9 Å². The average Bonchev–Trinajstić information content (AvgIpc) is 2.16. The molecule has 0 bridgehead atoms. The van der Waals surface area contributed by atoms with E-state index in [1.807, 2.05) is 6.92 Å². The SMILES string of the molecule is CCC(N)c1cccc(OC(F)F)c1. The van der Waals surface area contributed by atoms with Crippen LogP contribution in [0, 0.1) is 0 Å². The van der Waals surface area contributed by atoms with Gasteiger partial charge in [0.1, 0.15) is 5.75 Å². The van der Waals surface area contributed by atoms with Gasteiger partial charge in [0.05, 0.1) is 0 Å². The number of alkyl halides is 2. The highest BCUT2D eigenvalue weighted by molar-refractivity contribution is 5.30. The second kappa shape index (κ2) is 4.91. The third-order valence-electron chi connectivity index (χ3n) is 1.95. The van der Waals surface area contributed by atoms with Crippen LogP contribution < -0.4 is 10.5 Å². The van der Waals surface area contributed by atoms with Gasteiger partial charge in [-0.1, -0.05) is 19.1 Å². The summed E-state index contributed by atoms with van der Waals surface area (Å²) in [4.78, 5) is 0. The lowest BCUT2D eigenvalue weighted by Gasteiger charge is -2.11. The van der Waals surface area contributed by atoms with Gasteiger partial charge in [0.25, 0.3) is 0 Å². The summed E-state index contributed by atoms with van der Waals surface area (Å²) in [7, 11) is 0. The Bertz CT molecular complexity index is 291.